The second-order valence-electron chi connectivity index (χ2n) is 7.81. The largest absolute Gasteiger partial charge is 0.337 e. The molecule has 0 spiro atoms. The standard InChI is InChI=1S/C21H28N4O.ClH/c1-14-6-3-4-8-18(14)25-19-9-5-7-17(19)20(23-25)21(26)24-12-10-16(11-13-24)15(2)22;/h3-4,6,8,15-16H,5,7,9-13,22H2,1-2H3;1H. The van der Waals surface area contributed by atoms with Gasteiger partial charge in [0.2, 0.25) is 0 Å². The summed E-state index contributed by atoms with van der Waals surface area (Å²) >= 11 is 0. The number of fused-ring (bicyclic) bond motifs is 1. The fourth-order valence-electron chi connectivity index (χ4n) is 4.39. The van der Waals surface area contributed by atoms with Gasteiger partial charge in [0.1, 0.15) is 0 Å². The molecule has 2 aromatic rings. The fourth-order valence-corrected chi connectivity index (χ4v) is 4.39. The summed E-state index contributed by atoms with van der Waals surface area (Å²) in [4.78, 5) is 15.2. The third kappa shape index (κ3) is 3.63. The van der Waals surface area contributed by atoms with Crippen molar-refractivity contribution in [2.75, 3.05) is 13.1 Å². The first-order valence-electron chi connectivity index (χ1n) is 9.78. The number of hydrogen-bond donors (Lipinski definition) is 1. The number of rotatable bonds is 3. The van der Waals surface area contributed by atoms with Crippen LogP contribution in [-0.2, 0) is 12.8 Å². The topological polar surface area (TPSA) is 64.2 Å². The highest BCUT2D eigenvalue weighted by atomic mass is 35.5. The van der Waals surface area contributed by atoms with E-state index in [2.05, 4.69) is 26.0 Å². The number of carbonyl (C=O) groups is 1. The summed E-state index contributed by atoms with van der Waals surface area (Å²) in [5.74, 6) is 0.618. The van der Waals surface area contributed by atoms with Crippen molar-refractivity contribution >= 4 is 18.3 Å². The van der Waals surface area contributed by atoms with Gasteiger partial charge in [0, 0.05) is 30.4 Å². The van der Waals surface area contributed by atoms with Gasteiger partial charge in [-0.05, 0) is 63.5 Å². The van der Waals surface area contributed by atoms with Gasteiger partial charge in [0.25, 0.3) is 5.91 Å². The van der Waals surface area contributed by atoms with Crippen molar-refractivity contribution < 1.29 is 4.79 Å². The van der Waals surface area contributed by atoms with Crippen LogP contribution in [0, 0.1) is 12.8 Å². The Kier molecular flexibility index (Phi) is 5.92. The quantitative estimate of drug-likeness (QED) is 0.877. The number of nitrogens with zero attached hydrogens (tertiary/aromatic N) is 3. The molecule has 1 unspecified atom stereocenters. The number of piperidine rings is 1. The third-order valence-corrected chi connectivity index (χ3v) is 6.05. The molecule has 1 aliphatic heterocycles. The summed E-state index contributed by atoms with van der Waals surface area (Å²) < 4.78 is 2.01. The molecule has 27 heavy (non-hydrogen) atoms. The lowest BCUT2D eigenvalue weighted by Crippen LogP contribution is -2.42. The van der Waals surface area contributed by atoms with Crippen molar-refractivity contribution in [1.82, 2.24) is 14.7 Å². The van der Waals surface area contributed by atoms with Crippen LogP contribution >= 0.6 is 12.4 Å². The zero-order valence-electron chi connectivity index (χ0n) is 16.1. The van der Waals surface area contributed by atoms with Crippen LogP contribution in [0.15, 0.2) is 24.3 Å². The summed E-state index contributed by atoms with van der Waals surface area (Å²) in [6, 6.07) is 8.46. The van der Waals surface area contributed by atoms with Gasteiger partial charge in [-0.2, -0.15) is 5.10 Å². The van der Waals surface area contributed by atoms with E-state index in [4.69, 9.17) is 10.8 Å². The molecule has 2 aliphatic rings. The molecular weight excluding hydrogens is 360 g/mol. The first-order chi connectivity index (χ1) is 12.6. The lowest BCUT2D eigenvalue weighted by atomic mass is 9.91. The number of likely N-dealkylation sites (tertiary alicyclic amines) is 1. The first kappa shape index (κ1) is 19.9. The summed E-state index contributed by atoms with van der Waals surface area (Å²) in [5.41, 5.74) is 11.3. The van der Waals surface area contributed by atoms with E-state index in [1.54, 1.807) is 0 Å². The highest BCUT2D eigenvalue weighted by Crippen LogP contribution is 2.30. The van der Waals surface area contributed by atoms with Crippen molar-refractivity contribution in [2.45, 2.75) is 52.0 Å². The molecule has 1 aromatic heterocycles. The molecule has 1 fully saturated rings. The zero-order chi connectivity index (χ0) is 18.3. The van der Waals surface area contributed by atoms with Crippen molar-refractivity contribution in [3.8, 4) is 5.69 Å². The molecule has 2 N–H and O–H groups in total. The number of benzene rings is 1. The van der Waals surface area contributed by atoms with Crippen LogP contribution in [0.25, 0.3) is 5.69 Å². The minimum Gasteiger partial charge on any atom is -0.337 e. The molecular formula is C21H29ClN4O. The Bertz CT molecular complexity index is 822. The van der Waals surface area contributed by atoms with Crippen molar-refractivity contribution in [1.29, 1.82) is 0 Å². The van der Waals surface area contributed by atoms with Crippen LogP contribution in [-0.4, -0.2) is 39.7 Å². The predicted molar refractivity (Wildman–Crippen MR) is 110 cm³/mol. The average molecular weight is 389 g/mol. The van der Waals surface area contributed by atoms with Crippen molar-refractivity contribution in [2.24, 2.45) is 11.7 Å². The monoisotopic (exact) mass is 388 g/mol. The van der Waals surface area contributed by atoms with Gasteiger partial charge in [-0.25, -0.2) is 4.68 Å². The third-order valence-electron chi connectivity index (χ3n) is 6.05. The van der Waals surface area contributed by atoms with E-state index < -0.39 is 0 Å². The summed E-state index contributed by atoms with van der Waals surface area (Å²) in [6.07, 6.45) is 5.04. The van der Waals surface area contributed by atoms with Crippen LogP contribution in [0.3, 0.4) is 0 Å². The Balaban J connectivity index is 0.00000210. The van der Waals surface area contributed by atoms with E-state index in [-0.39, 0.29) is 24.4 Å². The molecule has 4 rings (SSSR count). The van der Waals surface area contributed by atoms with Crippen LogP contribution in [0.4, 0.5) is 0 Å². The molecule has 0 bridgehead atoms. The van der Waals surface area contributed by atoms with Gasteiger partial charge >= 0.3 is 0 Å². The van der Waals surface area contributed by atoms with Crippen LogP contribution < -0.4 is 5.73 Å². The second-order valence-corrected chi connectivity index (χ2v) is 7.81. The van der Waals surface area contributed by atoms with Crippen molar-refractivity contribution in [3.05, 3.63) is 46.8 Å². The lowest BCUT2D eigenvalue weighted by Gasteiger charge is -2.33. The number of nitrogens with two attached hydrogens (primary N) is 1. The molecule has 6 heteroatoms. The highest BCUT2D eigenvalue weighted by molar-refractivity contribution is 5.94. The Hall–Kier alpha value is -1.85. The van der Waals surface area contributed by atoms with Crippen LogP contribution in [0.5, 0.6) is 0 Å². The van der Waals surface area contributed by atoms with Gasteiger partial charge in [-0.1, -0.05) is 18.2 Å². The van der Waals surface area contributed by atoms with E-state index in [1.165, 1.54) is 11.3 Å². The Morgan fingerprint density at radius 3 is 2.59 bits per heavy atom. The number of carbonyl (C=O) groups excluding carboxylic acids is 1. The number of amides is 1. The highest BCUT2D eigenvalue weighted by Gasteiger charge is 2.32. The van der Waals surface area contributed by atoms with E-state index in [0.717, 1.165) is 56.4 Å². The smallest absolute Gasteiger partial charge is 0.274 e. The molecule has 5 nitrogen and oxygen atoms in total. The minimum atomic E-state index is 0. The summed E-state index contributed by atoms with van der Waals surface area (Å²) in [6.45, 7) is 5.74. The number of halogens is 1. The first-order valence-corrected chi connectivity index (χ1v) is 9.78. The Labute approximate surface area is 167 Å². The molecule has 0 radical (unpaired) electrons. The van der Waals surface area contributed by atoms with E-state index in [0.29, 0.717) is 11.6 Å². The van der Waals surface area contributed by atoms with Crippen molar-refractivity contribution in [3.63, 3.8) is 0 Å². The molecule has 1 saturated heterocycles. The average Bonchev–Trinajstić information content (AvgIpc) is 3.24. The minimum absolute atomic E-state index is 0. The predicted octanol–water partition coefficient (Wildman–Crippen LogP) is 3.29. The van der Waals surface area contributed by atoms with Gasteiger partial charge in [0.15, 0.2) is 5.69 Å². The van der Waals surface area contributed by atoms with Crippen LogP contribution in [0.1, 0.15) is 53.5 Å². The molecule has 146 valence electrons. The normalized spacial score (nSPS) is 18.1. The Morgan fingerprint density at radius 2 is 1.93 bits per heavy atom. The maximum absolute atomic E-state index is 13.2. The number of aromatic nitrogens is 2. The molecule has 0 saturated carbocycles. The summed E-state index contributed by atoms with van der Waals surface area (Å²) in [5, 5.41) is 4.79. The van der Waals surface area contributed by atoms with Gasteiger partial charge in [0.05, 0.1) is 5.69 Å². The van der Waals surface area contributed by atoms with Gasteiger partial charge in [-0.3, -0.25) is 4.79 Å². The van der Waals surface area contributed by atoms with E-state index in [9.17, 15) is 4.79 Å². The lowest BCUT2D eigenvalue weighted by molar-refractivity contribution is 0.0673. The van der Waals surface area contributed by atoms with Gasteiger partial charge < -0.3 is 10.6 Å². The fraction of sp³-hybridized carbons (Fsp3) is 0.524. The maximum Gasteiger partial charge on any atom is 0.274 e. The van der Waals surface area contributed by atoms with Crippen LogP contribution in [0.2, 0.25) is 0 Å². The van der Waals surface area contributed by atoms with E-state index >= 15 is 0 Å². The second kappa shape index (κ2) is 8.03. The molecule has 1 amide bonds. The zero-order valence-corrected chi connectivity index (χ0v) is 17.0. The Morgan fingerprint density at radius 1 is 1.22 bits per heavy atom. The maximum atomic E-state index is 13.2. The molecule has 1 aliphatic carbocycles. The number of para-hydroxylation sites is 1. The molecule has 1 atom stereocenters. The molecule has 1 aromatic carbocycles. The number of hydrogen-bond acceptors (Lipinski definition) is 3. The molecule has 2 heterocycles. The SMILES string of the molecule is Cc1ccccc1-n1nc(C(=O)N2CCC(C(C)N)CC2)c2c1CCC2.Cl. The summed E-state index contributed by atoms with van der Waals surface area (Å²) in [7, 11) is 0. The van der Waals surface area contributed by atoms with E-state index in [1.807, 2.05) is 21.7 Å². The van der Waals surface area contributed by atoms with Gasteiger partial charge in [-0.15, -0.1) is 12.4 Å². The number of aryl methyl sites for hydroxylation is 1.